The molecule has 2 heteroatoms. The van der Waals surface area contributed by atoms with Gasteiger partial charge in [-0.2, -0.15) is 12.6 Å². The highest BCUT2D eigenvalue weighted by atomic mass is 32.1. The lowest BCUT2D eigenvalue weighted by molar-refractivity contribution is 0.868. The van der Waals surface area contributed by atoms with Gasteiger partial charge in [-0.3, -0.25) is 0 Å². The van der Waals surface area contributed by atoms with Gasteiger partial charge in [0, 0.05) is 18.8 Å². The number of likely N-dealkylation sites (N-methyl/N-ethyl adjacent to an activating group) is 1. The van der Waals surface area contributed by atoms with Gasteiger partial charge in [0.2, 0.25) is 0 Å². The molecule has 1 aromatic rings. The van der Waals surface area contributed by atoms with E-state index in [4.69, 9.17) is 0 Å². The molecule has 0 saturated carbocycles. The minimum absolute atomic E-state index is 0.984. The molecule has 0 radical (unpaired) electrons. The maximum atomic E-state index is 4.25. The van der Waals surface area contributed by atoms with Gasteiger partial charge in [0.15, 0.2) is 0 Å². The van der Waals surface area contributed by atoms with E-state index in [1.807, 2.05) is 0 Å². The van der Waals surface area contributed by atoms with Gasteiger partial charge in [0.05, 0.1) is 0 Å². The number of thiol groups is 1. The molecule has 0 aromatic heterocycles. The first-order valence-corrected chi connectivity index (χ1v) is 6.46. The summed E-state index contributed by atoms with van der Waals surface area (Å²) in [5.74, 6) is 0.984. The van der Waals surface area contributed by atoms with E-state index in [1.54, 1.807) is 0 Å². The number of hydrogen-bond acceptors (Lipinski definition) is 2. The molecule has 1 aliphatic heterocycles. The van der Waals surface area contributed by atoms with Crippen LogP contribution in [0.4, 0.5) is 5.69 Å². The Morgan fingerprint density at radius 1 is 1.40 bits per heavy atom. The summed E-state index contributed by atoms with van der Waals surface area (Å²) in [6, 6.07) is 6.95. The summed E-state index contributed by atoms with van der Waals surface area (Å²) >= 11 is 4.25. The van der Waals surface area contributed by atoms with Crippen LogP contribution in [0.1, 0.15) is 24.5 Å². The molecule has 0 atom stereocenters. The van der Waals surface area contributed by atoms with Crippen LogP contribution >= 0.6 is 12.6 Å². The van der Waals surface area contributed by atoms with Crippen molar-refractivity contribution in [2.75, 3.05) is 23.7 Å². The van der Waals surface area contributed by atoms with Gasteiger partial charge in [0.1, 0.15) is 0 Å². The van der Waals surface area contributed by atoms with E-state index >= 15 is 0 Å². The molecule has 15 heavy (non-hydrogen) atoms. The molecule has 0 spiro atoms. The van der Waals surface area contributed by atoms with Gasteiger partial charge in [-0.15, -0.1) is 0 Å². The van der Waals surface area contributed by atoms with Gasteiger partial charge in [-0.1, -0.05) is 12.1 Å². The van der Waals surface area contributed by atoms with Crippen molar-refractivity contribution < 1.29 is 0 Å². The fraction of sp³-hybridized carbons (Fsp3) is 0.538. The molecule has 2 rings (SSSR count). The Morgan fingerprint density at radius 3 is 3.00 bits per heavy atom. The fourth-order valence-corrected chi connectivity index (χ4v) is 2.45. The second-order valence-corrected chi connectivity index (χ2v) is 4.57. The smallest absolute Gasteiger partial charge is 0.0399 e. The molecule has 0 unspecified atom stereocenters. The molecule has 0 fully saturated rings. The average Bonchev–Trinajstić information content (AvgIpc) is 2.68. The zero-order valence-corrected chi connectivity index (χ0v) is 10.3. The number of fused-ring (bicyclic) bond motifs is 1. The Morgan fingerprint density at radius 2 is 2.27 bits per heavy atom. The average molecular weight is 221 g/mol. The molecule has 0 N–H and O–H groups in total. The number of anilines is 1. The topological polar surface area (TPSA) is 3.24 Å². The van der Waals surface area contributed by atoms with Crippen LogP contribution in [0.5, 0.6) is 0 Å². The van der Waals surface area contributed by atoms with E-state index in [9.17, 15) is 0 Å². The second kappa shape index (κ2) is 4.93. The van der Waals surface area contributed by atoms with Gasteiger partial charge in [-0.05, 0) is 49.1 Å². The molecular weight excluding hydrogens is 202 g/mol. The zero-order valence-electron chi connectivity index (χ0n) is 9.37. The Balaban J connectivity index is 2.14. The first-order chi connectivity index (χ1) is 7.35. The van der Waals surface area contributed by atoms with Gasteiger partial charge >= 0.3 is 0 Å². The highest BCUT2D eigenvalue weighted by molar-refractivity contribution is 7.80. The monoisotopic (exact) mass is 221 g/mol. The molecule has 1 heterocycles. The lowest BCUT2D eigenvalue weighted by Crippen LogP contribution is -2.18. The van der Waals surface area contributed by atoms with Crippen LogP contribution in [0, 0.1) is 0 Å². The molecule has 0 aliphatic carbocycles. The standard InChI is InChI=1S/C13H19NS/c1-2-14-8-7-12-10-11(4-3-9-15)5-6-13(12)14/h5-6,10,15H,2-4,7-9H2,1H3. The molecule has 0 bridgehead atoms. The second-order valence-electron chi connectivity index (χ2n) is 4.12. The Kier molecular flexibility index (Phi) is 3.57. The normalized spacial score (nSPS) is 14.4. The van der Waals surface area contributed by atoms with Crippen LogP contribution in [0.2, 0.25) is 0 Å². The lowest BCUT2D eigenvalue weighted by atomic mass is 10.1. The van der Waals surface area contributed by atoms with Gasteiger partial charge in [-0.25, -0.2) is 0 Å². The van der Waals surface area contributed by atoms with Crippen LogP contribution in [0.3, 0.4) is 0 Å². The number of rotatable bonds is 4. The van der Waals surface area contributed by atoms with Crippen molar-refractivity contribution in [3.63, 3.8) is 0 Å². The van der Waals surface area contributed by atoms with E-state index < -0.39 is 0 Å². The quantitative estimate of drug-likeness (QED) is 0.765. The molecule has 1 aromatic carbocycles. The summed E-state index contributed by atoms with van der Waals surface area (Å²) in [5, 5.41) is 0. The van der Waals surface area contributed by atoms with Crippen molar-refractivity contribution in [3.05, 3.63) is 29.3 Å². The number of nitrogens with zero attached hydrogens (tertiary/aromatic N) is 1. The molecule has 1 aliphatic rings. The van der Waals surface area contributed by atoms with Crippen molar-refractivity contribution in [1.82, 2.24) is 0 Å². The fourth-order valence-electron chi connectivity index (χ4n) is 2.29. The largest absolute Gasteiger partial charge is 0.371 e. The minimum Gasteiger partial charge on any atom is -0.371 e. The van der Waals surface area contributed by atoms with Crippen LogP contribution in [0.25, 0.3) is 0 Å². The first-order valence-electron chi connectivity index (χ1n) is 5.82. The zero-order chi connectivity index (χ0) is 10.7. The van der Waals surface area contributed by atoms with Crippen LogP contribution < -0.4 is 4.90 Å². The summed E-state index contributed by atoms with van der Waals surface area (Å²) in [6.45, 7) is 4.55. The number of aryl methyl sites for hydroxylation is 1. The van der Waals surface area contributed by atoms with Crippen molar-refractivity contribution in [2.24, 2.45) is 0 Å². The summed E-state index contributed by atoms with van der Waals surface area (Å²) in [7, 11) is 0. The Hall–Kier alpha value is -0.630. The third kappa shape index (κ3) is 2.31. The number of benzene rings is 1. The molecule has 1 nitrogen and oxygen atoms in total. The van der Waals surface area contributed by atoms with Crippen molar-refractivity contribution in [1.29, 1.82) is 0 Å². The highest BCUT2D eigenvalue weighted by Gasteiger charge is 2.17. The summed E-state index contributed by atoms with van der Waals surface area (Å²) < 4.78 is 0. The van der Waals surface area contributed by atoms with Gasteiger partial charge < -0.3 is 4.90 Å². The summed E-state index contributed by atoms with van der Waals surface area (Å²) in [4.78, 5) is 2.46. The van der Waals surface area contributed by atoms with E-state index in [0.717, 1.165) is 12.3 Å². The third-order valence-electron chi connectivity index (χ3n) is 3.14. The van der Waals surface area contributed by atoms with E-state index in [2.05, 4.69) is 42.7 Å². The summed E-state index contributed by atoms with van der Waals surface area (Å²) in [6.07, 6.45) is 3.57. The Labute approximate surface area is 97.9 Å². The minimum atomic E-state index is 0.984. The molecule has 0 saturated heterocycles. The van der Waals surface area contributed by atoms with Gasteiger partial charge in [0.25, 0.3) is 0 Å². The first kappa shape index (κ1) is 10.9. The molecular formula is C13H19NS. The predicted molar refractivity (Wildman–Crippen MR) is 70.2 cm³/mol. The third-order valence-corrected chi connectivity index (χ3v) is 3.46. The lowest BCUT2D eigenvalue weighted by Gasteiger charge is -2.16. The Bertz CT molecular complexity index is 335. The molecule has 0 amide bonds. The maximum Gasteiger partial charge on any atom is 0.0399 e. The van der Waals surface area contributed by atoms with Crippen molar-refractivity contribution in [3.8, 4) is 0 Å². The SMILES string of the molecule is CCN1CCc2cc(CCCS)ccc21. The summed E-state index contributed by atoms with van der Waals surface area (Å²) in [5.41, 5.74) is 4.46. The predicted octanol–water partition coefficient (Wildman–Crippen LogP) is 2.93. The molecule has 82 valence electrons. The van der Waals surface area contributed by atoms with Crippen molar-refractivity contribution in [2.45, 2.75) is 26.2 Å². The number of hydrogen-bond donors (Lipinski definition) is 1. The van der Waals surface area contributed by atoms with E-state index in [1.165, 1.54) is 42.6 Å². The maximum absolute atomic E-state index is 4.25. The van der Waals surface area contributed by atoms with Crippen LogP contribution in [-0.2, 0) is 12.8 Å². The highest BCUT2D eigenvalue weighted by Crippen LogP contribution is 2.28. The van der Waals surface area contributed by atoms with Crippen molar-refractivity contribution >= 4 is 18.3 Å². The van der Waals surface area contributed by atoms with E-state index in [0.29, 0.717) is 0 Å². The van der Waals surface area contributed by atoms with Crippen LogP contribution in [-0.4, -0.2) is 18.8 Å². The van der Waals surface area contributed by atoms with E-state index in [-0.39, 0.29) is 0 Å². The van der Waals surface area contributed by atoms with Crippen LogP contribution in [0.15, 0.2) is 18.2 Å².